The van der Waals surface area contributed by atoms with Crippen LogP contribution in [0.25, 0.3) is 0 Å². The van der Waals surface area contributed by atoms with Crippen molar-refractivity contribution in [3.63, 3.8) is 0 Å². The molecule has 5 nitrogen and oxygen atoms in total. The van der Waals surface area contributed by atoms with Crippen LogP contribution in [0.1, 0.15) is 5.56 Å². The lowest BCUT2D eigenvalue weighted by Crippen LogP contribution is -2.28. The van der Waals surface area contributed by atoms with Crippen LogP contribution in [-0.2, 0) is 16.0 Å². The van der Waals surface area contributed by atoms with Gasteiger partial charge in [0, 0.05) is 11.6 Å². The number of hydrogen-bond donors (Lipinski definition) is 2. The molecule has 0 spiro atoms. The second-order valence-electron chi connectivity index (χ2n) is 5.61. The highest BCUT2D eigenvalue weighted by Crippen LogP contribution is 2.25. The predicted octanol–water partition coefficient (Wildman–Crippen LogP) is 4.03. The molecule has 2 amide bonds. The zero-order chi connectivity index (χ0) is 19.6. The Hall–Kier alpha value is -1.89. The lowest BCUT2D eigenvalue weighted by atomic mass is 10.1. The van der Waals surface area contributed by atoms with Gasteiger partial charge in [-0.25, -0.2) is 0 Å². The third kappa shape index (κ3) is 7.71. The fourth-order valence-electron chi connectivity index (χ4n) is 2.21. The minimum Gasteiger partial charge on any atom is -0.497 e. The van der Waals surface area contributed by atoms with Gasteiger partial charge in [-0.2, -0.15) is 0 Å². The van der Waals surface area contributed by atoms with Gasteiger partial charge >= 0.3 is 0 Å². The highest BCUT2D eigenvalue weighted by atomic mass is 35.5. The van der Waals surface area contributed by atoms with Crippen molar-refractivity contribution in [3.05, 3.63) is 58.1 Å². The SMILES string of the molecule is COc1ccc(CCNC(=O)CSCC(=O)Nc2cc(Cl)ccc2Cl)cc1. The van der Waals surface area contributed by atoms with Gasteiger partial charge < -0.3 is 15.4 Å². The van der Waals surface area contributed by atoms with Gasteiger partial charge in [0.25, 0.3) is 0 Å². The van der Waals surface area contributed by atoms with Crippen LogP contribution in [0, 0.1) is 0 Å². The van der Waals surface area contributed by atoms with Gasteiger partial charge in [-0.15, -0.1) is 11.8 Å². The molecule has 27 heavy (non-hydrogen) atoms. The van der Waals surface area contributed by atoms with E-state index in [-0.39, 0.29) is 23.3 Å². The summed E-state index contributed by atoms with van der Waals surface area (Å²) < 4.78 is 5.11. The van der Waals surface area contributed by atoms with E-state index in [1.54, 1.807) is 25.3 Å². The van der Waals surface area contributed by atoms with E-state index in [1.165, 1.54) is 11.8 Å². The number of halogens is 2. The lowest BCUT2D eigenvalue weighted by molar-refractivity contribution is -0.118. The van der Waals surface area contributed by atoms with Crippen LogP contribution in [0.3, 0.4) is 0 Å². The Morgan fingerprint density at radius 1 is 1.04 bits per heavy atom. The third-order valence-corrected chi connectivity index (χ3v) is 5.06. The fraction of sp³-hybridized carbons (Fsp3) is 0.263. The molecule has 0 aromatic heterocycles. The Morgan fingerprint density at radius 2 is 1.74 bits per heavy atom. The van der Waals surface area contributed by atoms with Gasteiger partial charge in [0.05, 0.1) is 29.3 Å². The number of hydrogen-bond acceptors (Lipinski definition) is 4. The number of anilines is 1. The maximum atomic E-state index is 11.9. The first-order chi connectivity index (χ1) is 13.0. The van der Waals surface area contributed by atoms with Crippen LogP contribution in [0.5, 0.6) is 5.75 Å². The average Bonchev–Trinajstić information content (AvgIpc) is 2.65. The van der Waals surface area contributed by atoms with E-state index in [4.69, 9.17) is 27.9 Å². The summed E-state index contributed by atoms with van der Waals surface area (Å²) >= 11 is 13.1. The minimum absolute atomic E-state index is 0.109. The molecule has 0 saturated heterocycles. The number of ether oxygens (including phenoxy) is 1. The van der Waals surface area contributed by atoms with Crippen molar-refractivity contribution in [3.8, 4) is 5.75 Å². The number of amides is 2. The number of thioether (sulfide) groups is 1. The smallest absolute Gasteiger partial charge is 0.234 e. The largest absolute Gasteiger partial charge is 0.497 e. The summed E-state index contributed by atoms with van der Waals surface area (Å²) in [5.74, 6) is 0.808. The Kier molecular flexibility index (Phi) is 8.78. The Labute approximate surface area is 172 Å². The monoisotopic (exact) mass is 426 g/mol. The van der Waals surface area contributed by atoms with E-state index in [2.05, 4.69) is 10.6 Å². The molecule has 2 aromatic rings. The fourth-order valence-corrected chi connectivity index (χ4v) is 3.19. The van der Waals surface area contributed by atoms with Gasteiger partial charge in [0.1, 0.15) is 5.75 Å². The van der Waals surface area contributed by atoms with Crippen molar-refractivity contribution in [2.24, 2.45) is 0 Å². The summed E-state index contributed by atoms with van der Waals surface area (Å²) in [7, 11) is 1.62. The Bertz CT molecular complexity index is 785. The van der Waals surface area contributed by atoms with Crippen LogP contribution < -0.4 is 15.4 Å². The molecule has 2 rings (SSSR count). The zero-order valence-corrected chi connectivity index (χ0v) is 17.1. The molecule has 144 valence electrons. The summed E-state index contributed by atoms with van der Waals surface area (Å²) in [6.07, 6.45) is 0.730. The van der Waals surface area contributed by atoms with Gasteiger partial charge in [-0.3, -0.25) is 9.59 Å². The first-order valence-electron chi connectivity index (χ1n) is 8.20. The molecule has 0 radical (unpaired) electrons. The number of benzene rings is 2. The van der Waals surface area contributed by atoms with E-state index in [9.17, 15) is 9.59 Å². The minimum atomic E-state index is -0.241. The molecule has 0 fully saturated rings. The molecule has 2 aromatic carbocycles. The Morgan fingerprint density at radius 3 is 2.44 bits per heavy atom. The number of carbonyl (C=O) groups is 2. The normalized spacial score (nSPS) is 10.3. The molecule has 0 heterocycles. The molecule has 2 N–H and O–H groups in total. The van der Waals surface area contributed by atoms with Crippen LogP contribution >= 0.6 is 35.0 Å². The molecular formula is C19H20Cl2N2O3S. The number of methoxy groups -OCH3 is 1. The van der Waals surface area contributed by atoms with E-state index in [0.29, 0.717) is 22.3 Å². The molecule has 0 aliphatic carbocycles. The second kappa shape index (κ2) is 11.1. The average molecular weight is 427 g/mol. The number of nitrogens with one attached hydrogen (secondary N) is 2. The van der Waals surface area contributed by atoms with Gasteiger partial charge in [-0.05, 0) is 42.3 Å². The van der Waals surface area contributed by atoms with Crippen LogP contribution in [0.2, 0.25) is 10.0 Å². The predicted molar refractivity (Wildman–Crippen MR) is 112 cm³/mol. The molecule has 0 aliphatic rings. The summed E-state index contributed by atoms with van der Waals surface area (Å²) in [6.45, 7) is 0.538. The molecule has 0 bridgehead atoms. The summed E-state index contributed by atoms with van der Waals surface area (Å²) in [5, 5.41) is 6.42. The van der Waals surface area contributed by atoms with Crippen molar-refractivity contribution in [1.82, 2.24) is 5.32 Å². The molecule has 0 saturated carbocycles. The highest BCUT2D eigenvalue weighted by Gasteiger charge is 2.08. The first-order valence-corrected chi connectivity index (χ1v) is 10.1. The summed E-state index contributed by atoms with van der Waals surface area (Å²) in [4.78, 5) is 23.8. The van der Waals surface area contributed by atoms with Crippen molar-refractivity contribution in [2.45, 2.75) is 6.42 Å². The molecule has 8 heteroatoms. The molecule has 0 unspecified atom stereocenters. The van der Waals surface area contributed by atoms with Crippen molar-refractivity contribution in [2.75, 3.05) is 30.5 Å². The van der Waals surface area contributed by atoms with Gasteiger partial charge in [0.15, 0.2) is 0 Å². The lowest BCUT2D eigenvalue weighted by Gasteiger charge is -2.08. The van der Waals surface area contributed by atoms with Crippen LogP contribution in [0.4, 0.5) is 5.69 Å². The number of carbonyl (C=O) groups excluding carboxylic acids is 2. The van der Waals surface area contributed by atoms with Crippen molar-refractivity contribution >= 4 is 52.5 Å². The topological polar surface area (TPSA) is 67.4 Å². The maximum absolute atomic E-state index is 11.9. The van der Waals surface area contributed by atoms with E-state index < -0.39 is 0 Å². The van der Waals surface area contributed by atoms with Crippen molar-refractivity contribution < 1.29 is 14.3 Å². The van der Waals surface area contributed by atoms with Crippen molar-refractivity contribution in [1.29, 1.82) is 0 Å². The summed E-state index contributed by atoms with van der Waals surface area (Å²) in [6, 6.07) is 12.5. The maximum Gasteiger partial charge on any atom is 0.234 e. The highest BCUT2D eigenvalue weighted by molar-refractivity contribution is 8.00. The molecular weight excluding hydrogens is 407 g/mol. The molecule has 0 atom stereocenters. The van der Waals surface area contributed by atoms with Gasteiger partial charge in [-0.1, -0.05) is 35.3 Å². The Balaban J connectivity index is 1.63. The third-order valence-electron chi connectivity index (χ3n) is 3.56. The second-order valence-corrected chi connectivity index (χ2v) is 7.44. The number of rotatable bonds is 9. The van der Waals surface area contributed by atoms with E-state index in [0.717, 1.165) is 17.7 Å². The quantitative estimate of drug-likeness (QED) is 0.634. The standard InChI is InChI=1S/C19H20Cl2N2O3S/c1-26-15-5-2-13(3-6-15)8-9-22-18(24)11-27-12-19(25)23-17-10-14(20)4-7-16(17)21/h2-7,10H,8-9,11-12H2,1H3,(H,22,24)(H,23,25). The zero-order valence-electron chi connectivity index (χ0n) is 14.8. The van der Waals surface area contributed by atoms with Crippen LogP contribution in [0.15, 0.2) is 42.5 Å². The van der Waals surface area contributed by atoms with E-state index >= 15 is 0 Å². The van der Waals surface area contributed by atoms with Gasteiger partial charge in [0.2, 0.25) is 11.8 Å². The molecule has 0 aliphatic heterocycles. The van der Waals surface area contributed by atoms with E-state index in [1.807, 2.05) is 24.3 Å². The van der Waals surface area contributed by atoms with Crippen LogP contribution in [-0.4, -0.2) is 37.0 Å². The summed E-state index contributed by atoms with van der Waals surface area (Å²) in [5.41, 5.74) is 1.57. The first kappa shape index (κ1) is 21.4.